The van der Waals surface area contributed by atoms with Gasteiger partial charge in [0, 0.05) is 17.5 Å². The first-order valence-electron chi connectivity index (χ1n) is 4.35. The van der Waals surface area contributed by atoms with Gasteiger partial charge >= 0.3 is 6.16 Å². The highest BCUT2D eigenvalue weighted by Gasteiger charge is 2.17. The van der Waals surface area contributed by atoms with Crippen molar-refractivity contribution < 1.29 is 14.6 Å². The predicted molar refractivity (Wildman–Crippen MR) is 61.6 cm³/mol. The number of aryl methyl sites for hydroxylation is 1. The number of hydrogen-bond acceptors (Lipinski definition) is 2. The third-order valence-electron chi connectivity index (χ3n) is 2.23. The number of carbonyl (C=O) groups is 1. The van der Waals surface area contributed by atoms with Crippen LogP contribution >= 0.6 is 23.2 Å². The van der Waals surface area contributed by atoms with E-state index < -0.39 is 6.16 Å². The molecule has 1 heterocycles. The molecule has 1 aromatic heterocycles. The Morgan fingerprint density at radius 1 is 1.44 bits per heavy atom. The van der Waals surface area contributed by atoms with Crippen LogP contribution in [-0.4, -0.2) is 15.8 Å². The minimum atomic E-state index is -1.40. The molecule has 0 aliphatic rings. The molecule has 2 rings (SSSR count). The van der Waals surface area contributed by atoms with E-state index in [1.54, 1.807) is 29.8 Å². The number of benzene rings is 1. The summed E-state index contributed by atoms with van der Waals surface area (Å²) >= 11 is 11.8. The lowest BCUT2D eigenvalue weighted by molar-refractivity contribution is 0.141. The summed E-state index contributed by atoms with van der Waals surface area (Å²) < 4.78 is 6.16. The van der Waals surface area contributed by atoms with Gasteiger partial charge in [0.2, 0.25) is 5.88 Å². The second kappa shape index (κ2) is 3.88. The number of hydrogen-bond donors (Lipinski definition) is 1. The van der Waals surface area contributed by atoms with Crippen molar-refractivity contribution in [3.63, 3.8) is 0 Å². The molecule has 84 valence electrons. The van der Waals surface area contributed by atoms with Crippen molar-refractivity contribution in [3.8, 4) is 5.88 Å². The summed E-state index contributed by atoms with van der Waals surface area (Å²) in [5.41, 5.74) is 0.755. The minimum absolute atomic E-state index is 0.0893. The lowest BCUT2D eigenvalue weighted by Crippen LogP contribution is -2.06. The van der Waals surface area contributed by atoms with Crippen LogP contribution in [0, 0.1) is 0 Å². The van der Waals surface area contributed by atoms with Gasteiger partial charge in [0.15, 0.2) is 0 Å². The first-order chi connectivity index (χ1) is 7.50. The number of fused-ring (bicyclic) bond motifs is 1. The Morgan fingerprint density at radius 2 is 2.12 bits per heavy atom. The van der Waals surface area contributed by atoms with Crippen LogP contribution in [0.4, 0.5) is 4.79 Å². The van der Waals surface area contributed by atoms with Gasteiger partial charge in [-0.15, -0.1) is 0 Å². The van der Waals surface area contributed by atoms with E-state index in [-0.39, 0.29) is 10.9 Å². The SMILES string of the molecule is Cn1c(OC(=O)O)c(Cl)c2cc(Cl)ccc21. The lowest BCUT2D eigenvalue weighted by atomic mass is 10.2. The molecular formula is C10H7Cl2NO3. The van der Waals surface area contributed by atoms with E-state index in [0.717, 1.165) is 5.52 Å². The molecule has 1 aromatic carbocycles. The van der Waals surface area contributed by atoms with Gasteiger partial charge in [-0.05, 0) is 18.2 Å². The van der Waals surface area contributed by atoms with Crippen LogP contribution in [0.3, 0.4) is 0 Å². The fourth-order valence-electron chi connectivity index (χ4n) is 1.54. The van der Waals surface area contributed by atoms with Crippen LogP contribution < -0.4 is 4.74 Å². The molecule has 0 saturated heterocycles. The van der Waals surface area contributed by atoms with Crippen LogP contribution in [0.15, 0.2) is 18.2 Å². The topological polar surface area (TPSA) is 51.5 Å². The number of halogens is 2. The molecule has 0 unspecified atom stereocenters. The zero-order valence-electron chi connectivity index (χ0n) is 8.20. The average molecular weight is 260 g/mol. The second-order valence-corrected chi connectivity index (χ2v) is 4.02. The molecule has 4 nitrogen and oxygen atoms in total. The summed E-state index contributed by atoms with van der Waals surface area (Å²) in [4.78, 5) is 10.5. The summed E-state index contributed by atoms with van der Waals surface area (Å²) in [5.74, 6) is 0.0893. The summed E-state index contributed by atoms with van der Waals surface area (Å²) in [6, 6.07) is 5.11. The Labute approximate surface area is 101 Å². The molecule has 2 aromatic rings. The maximum absolute atomic E-state index is 10.5. The Hall–Kier alpha value is -1.39. The molecule has 0 amide bonds. The third-order valence-corrected chi connectivity index (χ3v) is 2.83. The van der Waals surface area contributed by atoms with E-state index in [2.05, 4.69) is 4.74 Å². The third kappa shape index (κ3) is 1.70. The number of nitrogens with zero attached hydrogens (tertiary/aromatic N) is 1. The molecule has 0 atom stereocenters. The Morgan fingerprint density at radius 3 is 2.75 bits per heavy atom. The summed E-state index contributed by atoms with van der Waals surface area (Å²) in [6.07, 6.45) is -1.40. The molecule has 0 radical (unpaired) electrons. The summed E-state index contributed by atoms with van der Waals surface area (Å²) in [5, 5.41) is 10.0. The number of aromatic nitrogens is 1. The normalized spacial score (nSPS) is 10.7. The van der Waals surface area contributed by atoms with Gasteiger partial charge in [-0.25, -0.2) is 4.79 Å². The maximum Gasteiger partial charge on any atom is 0.512 e. The van der Waals surface area contributed by atoms with E-state index in [9.17, 15) is 4.79 Å². The van der Waals surface area contributed by atoms with Gasteiger partial charge < -0.3 is 14.4 Å². The Bertz CT molecular complexity index is 577. The minimum Gasteiger partial charge on any atom is -0.449 e. The van der Waals surface area contributed by atoms with E-state index in [1.165, 1.54) is 0 Å². The molecular weight excluding hydrogens is 253 g/mol. The first-order valence-corrected chi connectivity index (χ1v) is 5.10. The van der Waals surface area contributed by atoms with Crippen molar-refractivity contribution in [2.75, 3.05) is 0 Å². The molecule has 0 aliphatic heterocycles. The Balaban J connectivity index is 2.71. The zero-order valence-corrected chi connectivity index (χ0v) is 9.71. The van der Waals surface area contributed by atoms with E-state index >= 15 is 0 Å². The fraction of sp³-hybridized carbons (Fsp3) is 0.100. The van der Waals surface area contributed by atoms with Crippen LogP contribution in [0.1, 0.15) is 0 Å². The zero-order chi connectivity index (χ0) is 11.9. The second-order valence-electron chi connectivity index (χ2n) is 3.21. The maximum atomic E-state index is 10.5. The molecule has 0 fully saturated rings. The molecule has 0 aliphatic carbocycles. The van der Waals surface area contributed by atoms with E-state index in [1.807, 2.05) is 0 Å². The molecule has 6 heteroatoms. The van der Waals surface area contributed by atoms with Gasteiger partial charge in [-0.3, -0.25) is 0 Å². The van der Waals surface area contributed by atoms with Crippen molar-refractivity contribution in [1.29, 1.82) is 0 Å². The van der Waals surface area contributed by atoms with Gasteiger partial charge in [0.05, 0.1) is 5.52 Å². The summed E-state index contributed by atoms with van der Waals surface area (Å²) in [6.45, 7) is 0. The van der Waals surface area contributed by atoms with Crippen LogP contribution in [0.2, 0.25) is 10.0 Å². The molecule has 1 N–H and O–H groups in total. The first kappa shape index (κ1) is 11.1. The van der Waals surface area contributed by atoms with Gasteiger partial charge in [0.25, 0.3) is 0 Å². The number of ether oxygens (including phenoxy) is 1. The quantitative estimate of drug-likeness (QED) is 0.798. The van der Waals surface area contributed by atoms with Crippen molar-refractivity contribution in [3.05, 3.63) is 28.2 Å². The molecule has 0 saturated carbocycles. The predicted octanol–water partition coefficient (Wildman–Crippen LogP) is 3.54. The van der Waals surface area contributed by atoms with Gasteiger partial charge in [-0.1, -0.05) is 23.2 Å². The van der Waals surface area contributed by atoms with Crippen molar-refractivity contribution in [1.82, 2.24) is 4.57 Å². The van der Waals surface area contributed by atoms with Crippen molar-refractivity contribution >= 4 is 40.3 Å². The highest BCUT2D eigenvalue weighted by Crippen LogP contribution is 2.36. The van der Waals surface area contributed by atoms with Gasteiger partial charge in [-0.2, -0.15) is 0 Å². The standard InChI is InChI=1S/C10H7Cl2NO3/c1-13-7-3-2-5(11)4-6(7)8(12)9(13)16-10(14)15/h2-4H,1H3,(H,14,15). The van der Waals surface area contributed by atoms with Crippen molar-refractivity contribution in [2.24, 2.45) is 7.05 Å². The van der Waals surface area contributed by atoms with Crippen LogP contribution in [-0.2, 0) is 7.05 Å². The summed E-state index contributed by atoms with van der Waals surface area (Å²) in [7, 11) is 1.67. The van der Waals surface area contributed by atoms with E-state index in [0.29, 0.717) is 10.4 Å². The number of rotatable bonds is 1. The highest BCUT2D eigenvalue weighted by atomic mass is 35.5. The highest BCUT2D eigenvalue weighted by molar-refractivity contribution is 6.38. The Kier molecular flexibility index (Phi) is 2.69. The largest absolute Gasteiger partial charge is 0.512 e. The van der Waals surface area contributed by atoms with Crippen LogP contribution in [0.5, 0.6) is 5.88 Å². The molecule has 16 heavy (non-hydrogen) atoms. The average Bonchev–Trinajstić information content (AvgIpc) is 2.43. The van der Waals surface area contributed by atoms with Crippen LogP contribution in [0.25, 0.3) is 10.9 Å². The smallest absolute Gasteiger partial charge is 0.449 e. The van der Waals surface area contributed by atoms with Crippen molar-refractivity contribution in [2.45, 2.75) is 0 Å². The molecule has 0 spiro atoms. The number of carboxylic acid groups (broad SMARTS) is 1. The van der Waals surface area contributed by atoms with Gasteiger partial charge in [0.1, 0.15) is 5.02 Å². The van der Waals surface area contributed by atoms with E-state index in [4.69, 9.17) is 28.3 Å². The lowest BCUT2D eigenvalue weighted by Gasteiger charge is -2.01. The molecule has 0 bridgehead atoms. The monoisotopic (exact) mass is 259 g/mol. The fourth-order valence-corrected chi connectivity index (χ4v) is 2.03.